The number of benzene rings is 1. The third kappa shape index (κ3) is 3.20. The van der Waals surface area contributed by atoms with Crippen LogP contribution >= 0.6 is 0 Å². The summed E-state index contributed by atoms with van der Waals surface area (Å²) in [5.41, 5.74) is 2.38. The Morgan fingerprint density at radius 2 is 1.78 bits per heavy atom. The fourth-order valence-electron chi connectivity index (χ4n) is 1.74. The van der Waals surface area contributed by atoms with Crippen molar-refractivity contribution in [2.75, 3.05) is 17.7 Å². The Balaban J connectivity index is 2.08. The largest absolute Gasteiger partial charge is 0.372 e. The van der Waals surface area contributed by atoms with Gasteiger partial charge in [-0.2, -0.15) is 0 Å². The van der Waals surface area contributed by atoms with E-state index in [0.29, 0.717) is 0 Å². The number of hydrogen-bond acceptors (Lipinski definition) is 4. The first kappa shape index (κ1) is 12.4. The zero-order valence-electron chi connectivity index (χ0n) is 10.8. The zero-order valence-corrected chi connectivity index (χ0v) is 10.8. The van der Waals surface area contributed by atoms with Crippen molar-refractivity contribution in [3.63, 3.8) is 0 Å². The first-order valence-electron chi connectivity index (χ1n) is 6.17. The highest BCUT2D eigenvalue weighted by Gasteiger charge is 1.98. The average molecular weight is 242 g/mol. The van der Waals surface area contributed by atoms with Crippen LogP contribution in [0.1, 0.15) is 18.9 Å². The van der Waals surface area contributed by atoms with E-state index in [1.165, 1.54) is 12.0 Å². The van der Waals surface area contributed by atoms with E-state index in [9.17, 15) is 0 Å². The minimum atomic E-state index is 0.741. The van der Waals surface area contributed by atoms with Gasteiger partial charge in [-0.3, -0.25) is 4.98 Å². The normalized spacial score (nSPS) is 10.1. The highest BCUT2D eigenvalue weighted by molar-refractivity contribution is 5.57. The molecule has 0 fully saturated rings. The van der Waals surface area contributed by atoms with Crippen LogP contribution in [0.2, 0.25) is 0 Å². The second-order valence-corrected chi connectivity index (χ2v) is 4.11. The van der Waals surface area contributed by atoms with E-state index in [1.54, 1.807) is 12.4 Å². The standard InChI is InChI=1S/C14H18N4/c1-3-4-11-5-7-12(8-6-11)17-14-10-16-9-13(15-2)18-14/h5-10H,3-4H2,1-2H3,(H2,15,17,18). The van der Waals surface area contributed by atoms with Gasteiger partial charge >= 0.3 is 0 Å². The Morgan fingerprint density at radius 1 is 1.06 bits per heavy atom. The molecule has 94 valence electrons. The van der Waals surface area contributed by atoms with Crippen LogP contribution in [0.4, 0.5) is 17.3 Å². The van der Waals surface area contributed by atoms with Crippen LogP contribution in [-0.4, -0.2) is 17.0 Å². The second-order valence-electron chi connectivity index (χ2n) is 4.11. The second kappa shape index (κ2) is 6.00. The van der Waals surface area contributed by atoms with Crippen LogP contribution in [0.25, 0.3) is 0 Å². The van der Waals surface area contributed by atoms with Gasteiger partial charge < -0.3 is 10.6 Å². The first-order valence-corrected chi connectivity index (χ1v) is 6.17. The van der Waals surface area contributed by atoms with E-state index in [0.717, 1.165) is 23.7 Å². The molecular formula is C14H18N4. The maximum atomic E-state index is 4.36. The van der Waals surface area contributed by atoms with Gasteiger partial charge in [0.15, 0.2) is 5.82 Å². The van der Waals surface area contributed by atoms with Crippen molar-refractivity contribution >= 4 is 17.3 Å². The van der Waals surface area contributed by atoms with Gasteiger partial charge in [-0.15, -0.1) is 0 Å². The molecule has 0 unspecified atom stereocenters. The number of nitrogens with zero attached hydrogens (tertiary/aromatic N) is 2. The molecule has 0 aliphatic rings. The number of rotatable bonds is 5. The molecule has 0 aliphatic carbocycles. The molecule has 4 heteroatoms. The van der Waals surface area contributed by atoms with Crippen LogP contribution in [0.3, 0.4) is 0 Å². The lowest BCUT2D eigenvalue weighted by molar-refractivity contribution is 0.922. The maximum Gasteiger partial charge on any atom is 0.151 e. The minimum Gasteiger partial charge on any atom is -0.372 e. The lowest BCUT2D eigenvalue weighted by Gasteiger charge is -2.07. The summed E-state index contributed by atoms with van der Waals surface area (Å²) < 4.78 is 0. The number of anilines is 3. The van der Waals surface area contributed by atoms with Gasteiger partial charge in [-0.25, -0.2) is 4.98 Å². The number of hydrogen-bond donors (Lipinski definition) is 2. The molecule has 0 aliphatic heterocycles. The molecule has 0 amide bonds. The lowest BCUT2D eigenvalue weighted by Crippen LogP contribution is -1.98. The fraction of sp³-hybridized carbons (Fsp3) is 0.286. The minimum absolute atomic E-state index is 0.741. The van der Waals surface area contributed by atoms with Gasteiger partial charge in [0, 0.05) is 12.7 Å². The molecule has 2 aromatic rings. The van der Waals surface area contributed by atoms with Crippen LogP contribution in [-0.2, 0) is 6.42 Å². The number of aryl methyl sites for hydroxylation is 1. The Labute approximate surface area is 107 Å². The topological polar surface area (TPSA) is 49.8 Å². The fourth-order valence-corrected chi connectivity index (χ4v) is 1.74. The molecule has 1 aromatic heterocycles. The number of nitrogens with one attached hydrogen (secondary N) is 2. The summed E-state index contributed by atoms with van der Waals surface area (Å²) in [6.07, 6.45) is 5.69. The van der Waals surface area contributed by atoms with Crippen molar-refractivity contribution < 1.29 is 0 Å². The quantitative estimate of drug-likeness (QED) is 0.845. The van der Waals surface area contributed by atoms with Crippen LogP contribution in [0.5, 0.6) is 0 Å². The van der Waals surface area contributed by atoms with Crippen molar-refractivity contribution in [3.05, 3.63) is 42.2 Å². The summed E-state index contributed by atoms with van der Waals surface area (Å²) in [6.45, 7) is 2.19. The summed E-state index contributed by atoms with van der Waals surface area (Å²) in [6, 6.07) is 8.42. The molecule has 2 rings (SSSR count). The van der Waals surface area contributed by atoms with Crippen molar-refractivity contribution in [3.8, 4) is 0 Å². The summed E-state index contributed by atoms with van der Waals surface area (Å²) >= 11 is 0. The summed E-state index contributed by atoms with van der Waals surface area (Å²) in [4.78, 5) is 8.47. The number of aromatic nitrogens is 2. The highest BCUT2D eigenvalue weighted by Crippen LogP contribution is 2.16. The molecule has 0 saturated carbocycles. The van der Waals surface area contributed by atoms with Gasteiger partial charge in [0.2, 0.25) is 0 Å². The van der Waals surface area contributed by atoms with Gasteiger partial charge in [-0.05, 0) is 24.1 Å². The van der Waals surface area contributed by atoms with Crippen LogP contribution in [0.15, 0.2) is 36.7 Å². The van der Waals surface area contributed by atoms with Crippen LogP contribution in [0, 0.1) is 0 Å². The summed E-state index contributed by atoms with van der Waals surface area (Å²) in [5, 5.41) is 6.20. The molecular weight excluding hydrogens is 224 g/mol. The Kier molecular flexibility index (Phi) is 4.12. The summed E-state index contributed by atoms with van der Waals surface area (Å²) in [5.74, 6) is 1.49. The van der Waals surface area contributed by atoms with Gasteiger partial charge in [0.1, 0.15) is 5.82 Å². The average Bonchev–Trinajstić information content (AvgIpc) is 2.42. The Bertz CT molecular complexity index is 493. The Morgan fingerprint density at radius 3 is 2.44 bits per heavy atom. The van der Waals surface area contributed by atoms with Crippen LogP contribution < -0.4 is 10.6 Å². The Hall–Kier alpha value is -2.10. The molecule has 0 saturated heterocycles. The maximum absolute atomic E-state index is 4.36. The summed E-state index contributed by atoms with van der Waals surface area (Å²) in [7, 11) is 1.83. The molecule has 1 aromatic carbocycles. The van der Waals surface area contributed by atoms with E-state index in [2.05, 4.69) is 51.8 Å². The molecule has 2 N–H and O–H groups in total. The third-order valence-electron chi connectivity index (χ3n) is 2.66. The van der Waals surface area contributed by atoms with E-state index >= 15 is 0 Å². The van der Waals surface area contributed by atoms with Crippen molar-refractivity contribution in [1.29, 1.82) is 0 Å². The van der Waals surface area contributed by atoms with E-state index < -0.39 is 0 Å². The van der Waals surface area contributed by atoms with E-state index in [4.69, 9.17) is 0 Å². The van der Waals surface area contributed by atoms with Gasteiger partial charge in [-0.1, -0.05) is 25.5 Å². The predicted molar refractivity (Wildman–Crippen MR) is 75.3 cm³/mol. The molecule has 0 radical (unpaired) electrons. The molecule has 0 spiro atoms. The predicted octanol–water partition coefficient (Wildman–Crippen LogP) is 3.21. The van der Waals surface area contributed by atoms with Gasteiger partial charge in [0.05, 0.1) is 12.4 Å². The molecule has 0 bridgehead atoms. The highest BCUT2D eigenvalue weighted by atomic mass is 15.1. The monoisotopic (exact) mass is 242 g/mol. The zero-order chi connectivity index (χ0) is 12.8. The smallest absolute Gasteiger partial charge is 0.151 e. The van der Waals surface area contributed by atoms with E-state index in [-0.39, 0.29) is 0 Å². The molecule has 4 nitrogen and oxygen atoms in total. The third-order valence-corrected chi connectivity index (χ3v) is 2.66. The molecule has 0 atom stereocenters. The van der Waals surface area contributed by atoms with Gasteiger partial charge in [0.25, 0.3) is 0 Å². The lowest BCUT2D eigenvalue weighted by atomic mass is 10.1. The van der Waals surface area contributed by atoms with Crippen molar-refractivity contribution in [2.45, 2.75) is 19.8 Å². The van der Waals surface area contributed by atoms with E-state index in [1.807, 2.05) is 7.05 Å². The SMILES string of the molecule is CCCc1ccc(Nc2cncc(NC)n2)cc1. The first-order chi connectivity index (χ1) is 8.81. The van der Waals surface area contributed by atoms with Crippen molar-refractivity contribution in [1.82, 2.24) is 9.97 Å². The molecule has 18 heavy (non-hydrogen) atoms. The van der Waals surface area contributed by atoms with Crippen molar-refractivity contribution in [2.24, 2.45) is 0 Å². The molecule has 1 heterocycles.